The van der Waals surface area contributed by atoms with Gasteiger partial charge in [-0.1, -0.05) is 35.0 Å². The zero-order valence-corrected chi connectivity index (χ0v) is 11.4. The van der Waals surface area contributed by atoms with E-state index in [1.807, 2.05) is 49.5 Å². The minimum atomic E-state index is 0.569. The SMILES string of the molecule is Cc1ccc(-n2cc(-c3ccc(N=C=O)cc3)nn2)cc1. The second-order valence-corrected chi connectivity index (χ2v) is 4.63. The summed E-state index contributed by atoms with van der Waals surface area (Å²) < 4.78 is 1.73. The second kappa shape index (κ2) is 5.53. The Morgan fingerprint density at radius 1 is 1.05 bits per heavy atom. The minimum absolute atomic E-state index is 0.569. The van der Waals surface area contributed by atoms with E-state index in [0.717, 1.165) is 16.9 Å². The average molecular weight is 276 g/mol. The van der Waals surface area contributed by atoms with E-state index in [4.69, 9.17) is 0 Å². The Kier molecular flexibility index (Phi) is 3.41. The molecule has 0 N–H and O–H groups in total. The molecule has 0 saturated heterocycles. The summed E-state index contributed by atoms with van der Waals surface area (Å²) in [5.41, 5.74) is 4.40. The maximum Gasteiger partial charge on any atom is 0.240 e. The van der Waals surface area contributed by atoms with Crippen molar-refractivity contribution in [2.24, 2.45) is 4.99 Å². The van der Waals surface area contributed by atoms with Crippen LogP contribution in [0.3, 0.4) is 0 Å². The summed E-state index contributed by atoms with van der Waals surface area (Å²) in [6, 6.07) is 15.2. The number of hydrogen-bond acceptors (Lipinski definition) is 4. The molecular formula is C16H12N4O. The van der Waals surface area contributed by atoms with Crippen molar-refractivity contribution < 1.29 is 4.79 Å². The molecule has 0 atom stereocenters. The van der Waals surface area contributed by atoms with Gasteiger partial charge in [-0.15, -0.1) is 5.10 Å². The molecule has 0 fully saturated rings. The van der Waals surface area contributed by atoms with E-state index >= 15 is 0 Å². The largest absolute Gasteiger partial charge is 0.240 e. The van der Waals surface area contributed by atoms with Gasteiger partial charge in [0.05, 0.1) is 17.6 Å². The van der Waals surface area contributed by atoms with Gasteiger partial charge in [-0.2, -0.15) is 4.99 Å². The number of isocyanates is 1. The number of hydrogen-bond donors (Lipinski definition) is 0. The molecule has 0 unspecified atom stereocenters. The van der Waals surface area contributed by atoms with Crippen LogP contribution in [0, 0.1) is 6.92 Å². The van der Waals surface area contributed by atoms with Gasteiger partial charge in [-0.05, 0) is 31.2 Å². The third-order valence-electron chi connectivity index (χ3n) is 3.13. The number of aromatic nitrogens is 3. The number of aryl methyl sites for hydroxylation is 1. The molecule has 0 radical (unpaired) electrons. The Balaban J connectivity index is 1.90. The van der Waals surface area contributed by atoms with Crippen molar-refractivity contribution in [1.82, 2.24) is 15.0 Å². The third kappa shape index (κ3) is 2.78. The van der Waals surface area contributed by atoms with Gasteiger partial charge in [0.25, 0.3) is 0 Å². The lowest BCUT2D eigenvalue weighted by molar-refractivity contribution is 0.565. The molecule has 2 aromatic carbocycles. The van der Waals surface area contributed by atoms with Crippen LogP contribution in [0.1, 0.15) is 5.56 Å². The highest BCUT2D eigenvalue weighted by molar-refractivity contribution is 5.62. The normalized spacial score (nSPS) is 10.1. The van der Waals surface area contributed by atoms with Crippen LogP contribution in [-0.4, -0.2) is 21.1 Å². The van der Waals surface area contributed by atoms with Gasteiger partial charge < -0.3 is 0 Å². The molecule has 5 heteroatoms. The highest BCUT2D eigenvalue weighted by Gasteiger charge is 2.05. The molecule has 102 valence electrons. The summed E-state index contributed by atoms with van der Waals surface area (Å²) in [4.78, 5) is 13.8. The molecule has 21 heavy (non-hydrogen) atoms. The van der Waals surface area contributed by atoms with Gasteiger partial charge in [0, 0.05) is 5.56 Å². The highest BCUT2D eigenvalue weighted by atomic mass is 16.1. The number of carbonyl (C=O) groups excluding carboxylic acids is 1. The highest BCUT2D eigenvalue weighted by Crippen LogP contribution is 2.21. The number of benzene rings is 2. The lowest BCUT2D eigenvalue weighted by atomic mass is 10.1. The van der Waals surface area contributed by atoms with Crippen molar-refractivity contribution in [2.45, 2.75) is 6.92 Å². The van der Waals surface area contributed by atoms with Crippen molar-refractivity contribution in [3.63, 3.8) is 0 Å². The van der Waals surface area contributed by atoms with E-state index in [2.05, 4.69) is 15.3 Å². The quantitative estimate of drug-likeness (QED) is 0.545. The first kappa shape index (κ1) is 13.0. The first-order chi connectivity index (χ1) is 10.3. The fraction of sp³-hybridized carbons (Fsp3) is 0.0625. The summed E-state index contributed by atoms with van der Waals surface area (Å²) in [6.45, 7) is 2.04. The van der Waals surface area contributed by atoms with E-state index in [0.29, 0.717) is 5.69 Å². The maximum atomic E-state index is 10.2. The van der Waals surface area contributed by atoms with Gasteiger partial charge in [0.1, 0.15) is 5.69 Å². The molecule has 3 rings (SSSR count). The lowest BCUT2D eigenvalue weighted by Gasteiger charge is -1.99. The Bertz CT molecular complexity index is 797. The van der Waals surface area contributed by atoms with E-state index in [-0.39, 0.29) is 0 Å². The van der Waals surface area contributed by atoms with Crippen molar-refractivity contribution in [3.05, 3.63) is 60.3 Å². The van der Waals surface area contributed by atoms with Gasteiger partial charge in [0.15, 0.2) is 0 Å². The van der Waals surface area contributed by atoms with Crippen LogP contribution in [0.5, 0.6) is 0 Å². The summed E-state index contributed by atoms with van der Waals surface area (Å²) >= 11 is 0. The lowest BCUT2D eigenvalue weighted by Crippen LogP contribution is -1.94. The molecule has 0 amide bonds. The van der Waals surface area contributed by atoms with Crippen LogP contribution >= 0.6 is 0 Å². The molecular weight excluding hydrogens is 264 g/mol. The molecule has 0 bridgehead atoms. The zero-order valence-electron chi connectivity index (χ0n) is 11.4. The predicted octanol–water partition coefficient (Wildman–Crippen LogP) is 3.21. The fourth-order valence-electron chi connectivity index (χ4n) is 1.98. The number of aliphatic imine (C=N–C) groups is 1. The van der Waals surface area contributed by atoms with E-state index in [9.17, 15) is 4.79 Å². The second-order valence-electron chi connectivity index (χ2n) is 4.63. The summed E-state index contributed by atoms with van der Waals surface area (Å²) in [5, 5.41) is 8.30. The predicted molar refractivity (Wildman–Crippen MR) is 79.3 cm³/mol. The van der Waals surface area contributed by atoms with E-state index < -0.39 is 0 Å². The van der Waals surface area contributed by atoms with Crippen molar-refractivity contribution in [1.29, 1.82) is 0 Å². The summed E-state index contributed by atoms with van der Waals surface area (Å²) in [7, 11) is 0. The Hall–Kier alpha value is -3.04. The van der Waals surface area contributed by atoms with Crippen molar-refractivity contribution in [2.75, 3.05) is 0 Å². The van der Waals surface area contributed by atoms with Crippen LogP contribution in [0.15, 0.2) is 59.7 Å². The van der Waals surface area contributed by atoms with Crippen molar-refractivity contribution in [3.8, 4) is 16.9 Å². The number of rotatable bonds is 3. The Labute approximate surface area is 121 Å². The number of nitrogens with zero attached hydrogens (tertiary/aromatic N) is 4. The molecule has 0 spiro atoms. The van der Waals surface area contributed by atoms with Crippen LogP contribution in [0.4, 0.5) is 5.69 Å². The first-order valence-electron chi connectivity index (χ1n) is 6.44. The zero-order chi connectivity index (χ0) is 14.7. The molecule has 1 aromatic heterocycles. The van der Waals surface area contributed by atoms with Crippen LogP contribution in [-0.2, 0) is 4.79 Å². The van der Waals surface area contributed by atoms with Crippen LogP contribution in [0.2, 0.25) is 0 Å². The van der Waals surface area contributed by atoms with E-state index in [1.54, 1.807) is 16.8 Å². The standard InChI is InChI=1S/C16H12N4O/c1-12-2-8-15(9-3-12)20-10-16(18-19-20)13-4-6-14(7-5-13)17-11-21/h2-10H,1H3. The van der Waals surface area contributed by atoms with Crippen molar-refractivity contribution >= 4 is 11.8 Å². The Morgan fingerprint density at radius 3 is 2.43 bits per heavy atom. The molecule has 5 nitrogen and oxygen atoms in total. The van der Waals surface area contributed by atoms with Gasteiger partial charge >= 0.3 is 0 Å². The maximum absolute atomic E-state index is 10.2. The molecule has 0 aliphatic heterocycles. The molecule has 3 aromatic rings. The molecule has 0 saturated carbocycles. The van der Waals surface area contributed by atoms with Crippen LogP contribution in [0.25, 0.3) is 16.9 Å². The van der Waals surface area contributed by atoms with E-state index in [1.165, 1.54) is 11.6 Å². The average Bonchev–Trinajstić information content (AvgIpc) is 2.99. The topological polar surface area (TPSA) is 60.1 Å². The van der Waals surface area contributed by atoms with Gasteiger partial charge in [-0.25, -0.2) is 9.48 Å². The Morgan fingerprint density at radius 2 is 1.76 bits per heavy atom. The molecule has 1 heterocycles. The smallest absolute Gasteiger partial charge is 0.220 e. The molecule has 0 aliphatic carbocycles. The monoisotopic (exact) mass is 276 g/mol. The van der Waals surface area contributed by atoms with Gasteiger partial charge in [0.2, 0.25) is 6.08 Å². The molecule has 0 aliphatic rings. The summed E-state index contributed by atoms with van der Waals surface area (Å²) in [6.07, 6.45) is 3.38. The summed E-state index contributed by atoms with van der Waals surface area (Å²) in [5.74, 6) is 0. The fourth-order valence-corrected chi connectivity index (χ4v) is 1.98. The van der Waals surface area contributed by atoms with Gasteiger partial charge in [-0.3, -0.25) is 0 Å². The third-order valence-corrected chi connectivity index (χ3v) is 3.13. The van der Waals surface area contributed by atoms with Crippen LogP contribution < -0.4 is 0 Å². The minimum Gasteiger partial charge on any atom is -0.220 e. The first-order valence-corrected chi connectivity index (χ1v) is 6.44.